The second kappa shape index (κ2) is 6.79. The molecule has 3 rings (SSSR count). The van der Waals surface area contributed by atoms with Crippen LogP contribution in [0, 0.1) is 28.1 Å². The first-order valence-electron chi connectivity index (χ1n) is 9.42. The van der Waals surface area contributed by atoms with Crippen LogP contribution < -0.4 is 10.2 Å². The van der Waals surface area contributed by atoms with Gasteiger partial charge in [0, 0.05) is 38.9 Å². The lowest BCUT2D eigenvalue weighted by Gasteiger charge is -2.23. The van der Waals surface area contributed by atoms with Gasteiger partial charge in [-0.3, -0.25) is 0 Å². The molecule has 0 bridgehead atoms. The third-order valence-corrected chi connectivity index (χ3v) is 6.77. The molecule has 2 fully saturated rings. The van der Waals surface area contributed by atoms with Gasteiger partial charge in [0.25, 0.3) is 0 Å². The normalized spacial score (nSPS) is 21.7. The van der Waals surface area contributed by atoms with E-state index in [1.165, 1.54) is 0 Å². The average Bonchev–Trinajstić information content (AvgIpc) is 3.14. The largest absolute Gasteiger partial charge is 0.354 e. The smallest absolute Gasteiger partial charge is 0.317 e. The van der Waals surface area contributed by atoms with Gasteiger partial charge in [-0.1, -0.05) is 27.7 Å². The van der Waals surface area contributed by atoms with Crippen molar-refractivity contribution >= 4 is 11.8 Å². The molecule has 0 radical (unpaired) electrons. The van der Waals surface area contributed by atoms with Crippen LogP contribution in [-0.2, 0) is 0 Å². The third kappa shape index (κ3) is 3.23. The van der Waals surface area contributed by atoms with E-state index in [9.17, 15) is 10.1 Å². The Morgan fingerprint density at radius 2 is 2.00 bits per heavy atom. The van der Waals surface area contributed by atoms with E-state index in [1.807, 2.05) is 4.90 Å². The standard InChI is InChI=1S/C20H29N5O/c1-19(2)16(20(19,3)4)14-23-18(26)25-10-6-9-24(11-12-25)17-15(13-21)7-5-8-22-17/h5,7-8,16H,6,9-12,14H2,1-4H3,(H,23,26). The molecule has 1 saturated carbocycles. The first kappa shape index (κ1) is 18.5. The zero-order valence-electron chi connectivity index (χ0n) is 16.2. The number of hydrogen-bond acceptors (Lipinski definition) is 4. The van der Waals surface area contributed by atoms with Crippen LogP contribution >= 0.6 is 0 Å². The summed E-state index contributed by atoms with van der Waals surface area (Å²) in [5, 5.41) is 12.4. The molecule has 1 saturated heterocycles. The van der Waals surface area contributed by atoms with Crippen LogP contribution in [-0.4, -0.2) is 48.6 Å². The van der Waals surface area contributed by atoms with Crippen molar-refractivity contribution in [3.8, 4) is 6.07 Å². The van der Waals surface area contributed by atoms with Gasteiger partial charge in [-0.15, -0.1) is 0 Å². The van der Waals surface area contributed by atoms with E-state index in [0.717, 1.165) is 31.9 Å². The minimum absolute atomic E-state index is 0.0203. The molecule has 6 heteroatoms. The monoisotopic (exact) mass is 355 g/mol. The van der Waals surface area contributed by atoms with E-state index < -0.39 is 0 Å². The van der Waals surface area contributed by atoms with Gasteiger partial charge in [-0.05, 0) is 35.3 Å². The first-order chi connectivity index (χ1) is 12.3. The molecule has 0 spiro atoms. The predicted octanol–water partition coefficient (Wildman–Crippen LogP) is 2.86. The summed E-state index contributed by atoms with van der Waals surface area (Å²) in [5.41, 5.74) is 1.15. The molecule has 2 aliphatic rings. The average molecular weight is 355 g/mol. The van der Waals surface area contributed by atoms with Gasteiger partial charge < -0.3 is 15.1 Å². The van der Waals surface area contributed by atoms with Crippen molar-refractivity contribution in [1.29, 1.82) is 5.26 Å². The number of carbonyl (C=O) groups is 1. The minimum Gasteiger partial charge on any atom is -0.354 e. The number of rotatable bonds is 3. The maximum absolute atomic E-state index is 12.6. The zero-order valence-corrected chi connectivity index (χ0v) is 16.2. The number of anilines is 1. The molecule has 26 heavy (non-hydrogen) atoms. The van der Waals surface area contributed by atoms with Gasteiger partial charge in [0.15, 0.2) is 0 Å². The number of carbonyl (C=O) groups excluding carboxylic acids is 1. The summed E-state index contributed by atoms with van der Waals surface area (Å²) < 4.78 is 0. The second-order valence-electron chi connectivity index (χ2n) is 8.50. The Bertz CT molecular complexity index is 707. The number of nitrogens with one attached hydrogen (secondary N) is 1. The number of pyridine rings is 1. The molecule has 2 amide bonds. The number of nitrogens with zero attached hydrogens (tertiary/aromatic N) is 4. The summed E-state index contributed by atoms with van der Waals surface area (Å²) in [4.78, 5) is 21.0. The Hall–Kier alpha value is -2.29. The van der Waals surface area contributed by atoms with Gasteiger partial charge in [-0.25, -0.2) is 9.78 Å². The van der Waals surface area contributed by atoms with Gasteiger partial charge in [0.2, 0.25) is 0 Å². The Labute approximate surface area is 156 Å². The van der Waals surface area contributed by atoms with Gasteiger partial charge in [0.05, 0.1) is 5.56 Å². The van der Waals surface area contributed by atoms with E-state index in [1.54, 1.807) is 18.3 Å². The Morgan fingerprint density at radius 3 is 2.65 bits per heavy atom. The second-order valence-corrected chi connectivity index (χ2v) is 8.50. The SMILES string of the molecule is CC1(C)C(CNC(=O)N2CCCN(c3ncccc3C#N)CC2)C1(C)C. The minimum atomic E-state index is 0.0203. The molecule has 140 valence electrons. The molecule has 1 aliphatic heterocycles. The molecular formula is C20H29N5O. The fourth-order valence-corrected chi connectivity index (χ4v) is 4.21. The van der Waals surface area contributed by atoms with Crippen molar-refractivity contribution in [3.63, 3.8) is 0 Å². The molecule has 2 heterocycles. The van der Waals surface area contributed by atoms with Crippen LogP contribution in [0.4, 0.5) is 10.6 Å². The maximum Gasteiger partial charge on any atom is 0.317 e. The van der Waals surface area contributed by atoms with Crippen molar-refractivity contribution in [2.24, 2.45) is 16.7 Å². The fourth-order valence-electron chi connectivity index (χ4n) is 4.21. The van der Waals surface area contributed by atoms with Gasteiger partial charge in [-0.2, -0.15) is 5.26 Å². The molecule has 0 unspecified atom stereocenters. The highest BCUT2D eigenvalue weighted by Crippen LogP contribution is 2.67. The quantitative estimate of drug-likeness (QED) is 0.905. The lowest BCUT2D eigenvalue weighted by molar-refractivity contribution is 0.200. The highest BCUT2D eigenvalue weighted by molar-refractivity contribution is 5.74. The number of aromatic nitrogens is 1. The highest BCUT2D eigenvalue weighted by Gasteiger charge is 2.64. The molecule has 1 aromatic heterocycles. The Morgan fingerprint density at radius 1 is 1.27 bits per heavy atom. The van der Waals surface area contributed by atoms with E-state index >= 15 is 0 Å². The summed E-state index contributed by atoms with van der Waals surface area (Å²) in [6.07, 6.45) is 2.58. The van der Waals surface area contributed by atoms with Crippen molar-refractivity contribution in [2.75, 3.05) is 37.6 Å². The Kier molecular flexibility index (Phi) is 4.83. The molecule has 1 aliphatic carbocycles. The molecular weight excluding hydrogens is 326 g/mol. The van der Waals surface area contributed by atoms with E-state index in [-0.39, 0.29) is 16.9 Å². The first-order valence-corrected chi connectivity index (χ1v) is 9.42. The number of amides is 2. The van der Waals surface area contributed by atoms with Crippen LogP contribution in [0.25, 0.3) is 0 Å². The lowest BCUT2D eigenvalue weighted by atomic mass is 10.0. The van der Waals surface area contributed by atoms with Gasteiger partial charge >= 0.3 is 6.03 Å². The molecule has 0 aromatic carbocycles. The molecule has 1 N–H and O–H groups in total. The summed E-state index contributed by atoms with van der Waals surface area (Å²) in [6.45, 7) is 12.7. The van der Waals surface area contributed by atoms with E-state index in [4.69, 9.17) is 0 Å². The number of hydrogen-bond donors (Lipinski definition) is 1. The van der Waals surface area contributed by atoms with Gasteiger partial charge in [0.1, 0.15) is 11.9 Å². The molecule has 6 nitrogen and oxygen atoms in total. The van der Waals surface area contributed by atoms with Crippen molar-refractivity contribution in [3.05, 3.63) is 23.9 Å². The van der Waals surface area contributed by atoms with Crippen LogP contribution in [0.2, 0.25) is 0 Å². The van der Waals surface area contributed by atoms with E-state index in [2.05, 4.69) is 49.0 Å². The number of urea groups is 1. The third-order valence-electron chi connectivity index (χ3n) is 6.77. The zero-order chi connectivity index (χ0) is 18.9. The van der Waals surface area contributed by atoms with Crippen LogP contribution in [0.5, 0.6) is 0 Å². The lowest BCUT2D eigenvalue weighted by Crippen LogP contribution is -2.43. The maximum atomic E-state index is 12.6. The van der Waals surface area contributed by atoms with Crippen molar-refractivity contribution < 1.29 is 4.79 Å². The van der Waals surface area contributed by atoms with Crippen LogP contribution in [0.3, 0.4) is 0 Å². The summed E-state index contributed by atoms with van der Waals surface area (Å²) in [7, 11) is 0. The summed E-state index contributed by atoms with van der Waals surface area (Å²) in [5.74, 6) is 1.24. The van der Waals surface area contributed by atoms with Crippen LogP contribution in [0.15, 0.2) is 18.3 Å². The highest BCUT2D eigenvalue weighted by atomic mass is 16.2. The number of nitriles is 1. The van der Waals surface area contributed by atoms with Crippen molar-refractivity contribution in [2.45, 2.75) is 34.1 Å². The Balaban J connectivity index is 1.56. The van der Waals surface area contributed by atoms with Crippen LogP contribution in [0.1, 0.15) is 39.7 Å². The summed E-state index contributed by atoms with van der Waals surface area (Å²) >= 11 is 0. The molecule has 1 aromatic rings. The summed E-state index contributed by atoms with van der Waals surface area (Å²) in [6, 6.07) is 5.79. The fraction of sp³-hybridized carbons (Fsp3) is 0.650. The van der Waals surface area contributed by atoms with Crippen molar-refractivity contribution in [1.82, 2.24) is 15.2 Å². The predicted molar refractivity (Wildman–Crippen MR) is 102 cm³/mol. The van der Waals surface area contributed by atoms with E-state index in [0.29, 0.717) is 24.6 Å². The topological polar surface area (TPSA) is 72.3 Å². The molecule has 0 atom stereocenters.